The molecule has 0 fully saturated rings. The summed E-state index contributed by atoms with van der Waals surface area (Å²) >= 11 is 1.81. The molecule has 1 heterocycles. The molecule has 3 rings (SSSR count). The van der Waals surface area contributed by atoms with Crippen molar-refractivity contribution in [2.24, 2.45) is 5.73 Å². The molecule has 0 saturated heterocycles. The van der Waals surface area contributed by atoms with Crippen LogP contribution in [0.4, 0.5) is 0 Å². The molecular formula is C17H17NS. The van der Waals surface area contributed by atoms with Gasteiger partial charge in [0.15, 0.2) is 0 Å². The van der Waals surface area contributed by atoms with Crippen LogP contribution in [0.3, 0.4) is 0 Å². The highest BCUT2D eigenvalue weighted by molar-refractivity contribution is 7.17. The van der Waals surface area contributed by atoms with Gasteiger partial charge >= 0.3 is 0 Å². The van der Waals surface area contributed by atoms with Gasteiger partial charge in [0.05, 0.1) is 0 Å². The Kier molecular flexibility index (Phi) is 3.62. The van der Waals surface area contributed by atoms with E-state index in [1.165, 1.54) is 21.2 Å². The van der Waals surface area contributed by atoms with E-state index in [0.717, 1.165) is 12.8 Å². The Morgan fingerprint density at radius 3 is 2.47 bits per heavy atom. The second kappa shape index (κ2) is 5.55. The van der Waals surface area contributed by atoms with E-state index >= 15 is 0 Å². The minimum Gasteiger partial charge on any atom is -0.327 e. The van der Waals surface area contributed by atoms with Crippen molar-refractivity contribution in [1.82, 2.24) is 0 Å². The zero-order chi connectivity index (χ0) is 13.1. The van der Waals surface area contributed by atoms with Crippen molar-refractivity contribution in [3.63, 3.8) is 0 Å². The van der Waals surface area contributed by atoms with Gasteiger partial charge in [0.1, 0.15) is 0 Å². The predicted molar refractivity (Wildman–Crippen MR) is 83.7 cm³/mol. The number of rotatable bonds is 4. The maximum atomic E-state index is 6.29. The summed E-state index contributed by atoms with van der Waals surface area (Å²) in [5.41, 5.74) is 8.99. The third-order valence-electron chi connectivity index (χ3n) is 3.38. The Morgan fingerprint density at radius 2 is 1.63 bits per heavy atom. The van der Waals surface area contributed by atoms with Gasteiger partial charge in [-0.1, -0.05) is 48.5 Å². The van der Waals surface area contributed by atoms with Crippen molar-refractivity contribution in [2.75, 3.05) is 0 Å². The molecule has 0 aliphatic heterocycles. The van der Waals surface area contributed by atoms with Crippen LogP contribution in [0.1, 0.15) is 11.1 Å². The first-order valence-corrected chi connectivity index (χ1v) is 7.45. The standard InChI is InChI=1S/C17H17NS/c18-15(10-13-6-2-1-3-7-13)11-14-12-19-17-9-5-4-8-16(14)17/h1-9,12,15H,10-11,18H2/t15-/m0/s1. The summed E-state index contributed by atoms with van der Waals surface area (Å²) in [5, 5.41) is 3.60. The normalized spacial score (nSPS) is 12.7. The van der Waals surface area contributed by atoms with Crippen molar-refractivity contribution < 1.29 is 0 Å². The maximum absolute atomic E-state index is 6.29. The Labute approximate surface area is 117 Å². The first-order chi connectivity index (χ1) is 9.33. The highest BCUT2D eigenvalue weighted by Gasteiger charge is 2.09. The average molecular weight is 267 g/mol. The predicted octanol–water partition coefficient (Wildman–Crippen LogP) is 4.01. The first-order valence-electron chi connectivity index (χ1n) is 6.57. The molecule has 1 atom stereocenters. The van der Waals surface area contributed by atoms with Gasteiger partial charge in [0.25, 0.3) is 0 Å². The molecule has 0 aliphatic rings. The molecule has 0 spiro atoms. The van der Waals surface area contributed by atoms with Gasteiger partial charge in [-0.25, -0.2) is 0 Å². The van der Waals surface area contributed by atoms with Crippen molar-refractivity contribution >= 4 is 21.4 Å². The zero-order valence-corrected chi connectivity index (χ0v) is 11.6. The number of hydrogen-bond acceptors (Lipinski definition) is 2. The summed E-state index contributed by atoms with van der Waals surface area (Å²) in [6.07, 6.45) is 1.88. The number of nitrogens with two attached hydrogens (primary N) is 1. The van der Waals surface area contributed by atoms with Gasteiger partial charge in [0.2, 0.25) is 0 Å². The molecule has 1 aromatic heterocycles. The van der Waals surface area contributed by atoms with Gasteiger partial charge in [-0.3, -0.25) is 0 Å². The van der Waals surface area contributed by atoms with E-state index in [4.69, 9.17) is 5.73 Å². The number of benzene rings is 2. The monoisotopic (exact) mass is 267 g/mol. The van der Waals surface area contributed by atoms with E-state index in [9.17, 15) is 0 Å². The summed E-state index contributed by atoms with van der Waals surface area (Å²) in [4.78, 5) is 0. The third kappa shape index (κ3) is 2.86. The highest BCUT2D eigenvalue weighted by Crippen LogP contribution is 2.26. The molecule has 0 amide bonds. The smallest absolute Gasteiger partial charge is 0.0345 e. The highest BCUT2D eigenvalue weighted by atomic mass is 32.1. The van der Waals surface area contributed by atoms with Crippen molar-refractivity contribution in [1.29, 1.82) is 0 Å². The minimum absolute atomic E-state index is 0.181. The first kappa shape index (κ1) is 12.4. The lowest BCUT2D eigenvalue weighted by atomic mass is 9.99. The Morgan fingerprint density at radius 1 is 0.895 bits per heavy atom. The number of hydrogen-bond donors (Lipinski definition) is 1. The van der Waals surface area contributed by atoms with Crippen molar-refractivity contribution in [3.8, 4) is 0 Å². The second-order valence-electron chi connectivity index (χ2n) is 4.91. The van der Waals surface area contributed by atoms with Crippen LogP contribution in [0.25, 0.3) is 10.1 Å². The van der Waals surface area contributed by atoms with Gasteiger partial charge < -0.3 is 5.73 Å². The molecule has 0 saturated carbocycles. The van der Waals surface area contributed by atoms with Crippen LogP contribution in [0.2, 0.25) is 0 Å². The SMILES string of the molecule is N[C@@H](Cc1ccccc1)Cc1csc2ccccc12. The van der Waals surface area contributed by atoms with E-state index in [2.05, 4.69) is 53.9 Å². The summed E-state index contributed by atoms with van der Waals surface area (Å²) in [6, 6.07) is 19.2. The van der Waals surface area contributed by atoms with Gasteiger partial charge in [-0.15, -0.1) is 11.3 Å². The van der Waals surface area contributed by atoms with Crippen molar-refractivity contribution in [3.05, 3.63) is 71.1 Å². The average Bonchev–Trinajstić information content (AvgIpc) is 2.83. The molecule has 0 aliphatic carbocycles. The molecule has 1 nitrogen and oxygen atoms in total. The van der Waals surface area contributed by atoms with Crippen LogP contribution in [0, 0.1) is 0 Å². The molecule has 2 aromatic carbocycles. The van der Waals surface area contributed by atoms with Crippen LogP contribution in [0.15, 0.2) is 60.0 Å². The third-order valence-corrected chi connectivity index (χ3v) is 4.40. The molecular weight excluding hydrogens is 250 g/mol. The largest absolute Gasteiger partial charge is 0.327 e. The topological polar surface area (TPSA) is 26.0 Å². The Balaban J connectivity index is 1.74. The van der Waals surface area contributed by atoms with E-state index in [1.807, 2.05) is 6.07 Å². The molecule has 0 bridgehead atoms. The molecule has 19 heavy (non-hydrogen) atoms. The molecule has 2 N–H and O–H groups in total. The lowest BCUT2D eigenvalue weighted by Gasteiger charge is -2.11. The summed E-state index contributed by atoms with van der Waals surface area (Å²) < 4.78 is 1.35. The van der Waals surface area contributed by atoms with Crippen LogP contribution < -0.4 is 5.73 Å². The van der Waals surface area contributed by atoms with Crippen molar-refractivity contribution in [2.45, 2.75) is 18.9 Å². The minimum atomic E-state index is 0.181. The van der Waals surface area contributed by atoms with Crippen LogP contribution in [0.5, 0.6) is 0 Å². The summed E-state index contributed by atoms with van der Waals surface area (Å²) in [6.45, 7) is 0. The van der Waals surface area contributed by atoms with E-state index < -0.39 is 0 Å². The maximum Gasteiger partial charge on any atom is 0.0345 e. The van der Waals surface area contributed by atoms with Gasteiger partial charge in [-0.05, 0) is 40.8 Å². The zero-order valence-electron chi connectivity index (χ0n) is 10.8. The lowest BCUT2D eigenvalue weighted by Crippen LogP contribution is -2.25. The van der Waals surface area contributed by atoms with Crippen LogP contribution >= 0.6 is 11.3 Å². The number of thiophene rings is 1. The fourth-order valence-corrected chi connectivity index (χ4v) is 3.44. The molecule has 3 aromatic rings. The summed E-state index contributed by atoms with van der Waals surface area (Å²) in [7, 11) is 0. The molecule has 2 heteroatoms. The van der Waals surface area contributed by atoms with Gasteiger partial charge in [-0.2, -0.15) is 0 Å². The second-order valence-corrected chi connectivity index (χ2v) is 5.82. The quantitative estimate of drug-likeness (QED) is 0.759. The van der Waals surface area contributed by atoms with E-state index in [1.54, 1.807) is 11.3 Å². The lowest BCUT2D eigenvalue weighted by molar-refractivity contribution is 0.668. The fourth-order valence-electron chi connectivity index (χ4n) is 2.46. The molecule has 0 radical (unpaired) electrons. The number of fused-ring (bicyclic) bond motifs is 1. The fraction of sp³-hybridized carbons (Fsp3) is 0.176. The van der Waals surface area contributed by atoms with Gasteiger partial charge in [0, 0.05) is 10.7 Å². The molecule has 96 valence electrons. The molecule has 0 unspecified atom stereocenters. The van der Waals surface area contributed by atoms with E-state index in [0.29, 0.717) is 0 Å². The van der Waals surface area contributed by atoms with Crippen LogP contribution in [-0.4, -0.2) is 6.04 Å². The Hall–Kier alpha value is -1.64. The van der Waals surface area contributed by atoms with Crippen LogP contribution in [-0.2, 0) is 12.8 Å². The van der Waals surface area contributed by atoms with E-state index in [-0.39, 0.29) is 6.04 Å². The summed E-state index contributed by atoms with van der Waals surface area (Å²) in [5.74, 6) is 0. The Bertz CT molecular complexity index is 657.